The average molecular weight is 303 g/mol. The molecule has 0 fully saturated rings. The molecule has 1 rings (SSSR count). The number of allylic oxidation sites excluding steroid dienone is 2. The van der Waals surface area contributed by atoms with Crippen LogP contribution in [0.25, 0.3) is 0 Å². The highest BCUT2D eigenvalue weighted by molar-refractivity contribution is 9.10. The molecule has 0 aliphatic heterocycles. The molecule has 18 heavy (non-hydrogen) atoms. The topological polar surface area (TPSA) is 92.6 Å². The van der Waals surface area contributed by atoms with Gasteiger partial charge in [-0.05, 0) is 28.1 Å². The van der Waals surface area contributed by atoms with Gasteiger partial charge in [0.1, 0.15) is 29.7 Å². The van der Waals surface area contributed by atoms with Crippen LogP contribution in [0.2, 0.25) is 0 Å². The third-order valence-corrected chi connectivity index (χ3v) is 2.66. The molecular weight excluding hydrogens is 296 g/mol. The maximum absolute atomic E-state index is 8.89. The Morgan fingerprint density at radius 1 is 1.22 bits per heavy atom. The van der Waals surface area contributed by atoms with Crippen molar-refractivity contribution in [1.82, 2.24) is 0 Å². The number of rotatable bonds is 3. The first kappa shape index (κ1) is 13.6. The Morgan fingerprint density at radius 2 is 1.89 bits per heavy atom. The lowest BCUT2D eigenvalue weighted by atomic mass is 10.2. The molecule has 0 saturated heterocycles. The Balaban J connectivity index is 3.13. The lowest BCUT2D eigenvalue weighted by Gasteiger charge is -2.08. The van der Waals surface area contributed by atoms with Crippen LogP contribution in [0.5, 0.6) is 5.75 Å². The highest BCUT2D eigenvalue weighted by Crippen LogP contribution is 2.28. The van der Waals surface area contributed by atoms with Gasteiger partial charge in [-0.15, -0.1) is 0 Å². The second kappa shape index (κ2) is 6.30. The number of nitrogens with zero attached hydrogens (tertiary/aromatic N) is 3. The monoisotopic (exact) mass is 302 g/mol. The fourth-order valence-corrected chi connectivity index (χ4v) is 1.57. The van der Waals surface area contributed by atoms with E-state index in [-0.39, 0.29) is 11.3 Å². The molecule has 88 valence electrons. The van der Waals surface area contributed by atoms with E-state index in [4.69, 9.17) is 20.5 Å². The van der Waals surface area contributed by atoms with Crippen molar-refractivity contribution in [2.45, 2.75) is 0 Å². The zero-order chi connectivity index (χ0) is 13.5. The van der Waals surface area contributed by atoms with E-state index in [0.717, 1.165) is 4.47 Å². The lowest BCUT2D eigenvalue weighted by Crippen LogP contribution is -2.00. The molecule has 0 saturated carbocycles. The van der Waals surface area contributed by atoms with Crippen molar-refractivity contribution in [3.8, 4) is 24.0 Å². The van der Waals surface area contributed by atoms with E-state index in [9.17, 15) is 0 Å². The van der Waals surface area contributed by atoms with Crippen molar-refractivity contribution in [3.63, 3.8) is 0 Å². The van der Waals surface area contributed by atoms with Gasteiger partial charge in [-0.3, -0.25) is 0 Å². The van der Waals surface area contributed by atoms with Gasteiger partial charge in [0.05, 0.1) is 11.6 Å². The molecule has 0 unspecified atom stereocenters. The summed E-state index contributed by atoms with van der Waals surface area (Å²) in [6.45, 7) is 0. The molecule has 0 bridgehead atoms. The number of methoxy groups -OCH3 is 1. The van der Waals surface area contributed by atoms with Gasteiger partial charge in [0.25, 0.3) is 0 Å². The molecule has 0 radical (unpaired) electrons. The summed E-state index contributed by atoms with van der Waals surface area (Å²) in [4.78, 5) is 0. The molecule has 1 aromatic carbocycles. The molecule has 0 atom stereocenters. The summed E-state index contributed by atoms with van der Waals surface area (Å²) in [7, 11) is 1.51. The second-order valence-corrected chi connectivity index (χ2v) is 3.91. The third-order valence-electron chi connectivity index (χ3n) is 2.01. The van der Waals surface area contributed by atoms with E-state index in [1.54, 1.807) is 36.4 Å². The summed E-state index contributed by atoms with van der Waals surface area (Å²) in [6, 6.07) is 10.2. The number of nitriles is 3. The Morgan fingerprint density at radius 3 is 2.39 bits per heavy atom. The van der Waals surface area contributed by atoms with E-state index in [1.165, 1.54) is 7.11 Å². The standard InChI is InChI=1S/C12H7BrN4O/c1-18-12-4-9(2-3-10(12)13)17-11(7-16)8(5-14)6-15/h2-4,17H,1H3. The summed E-state index contributed by atoms with van der Waals surface area (Å²) in [5, 5.41) is 29.0. The predicted octanol–water partition coefficient (Wildman–Crippen LogP) is 2.69. The molecule has 0 amide bonds. The first-order valence-electron chi connectivity index (χ1n) is 4.71. The number of ether oxygens (including phenoxy) is 1. The van der Waals surface area contributed by atoms with Gasteiger partial charge < -0.3 is 10.1 Å². The lowest BCUT2D eigenvalue weighted by molar-refractivity contribution is 0.412. The number of nitrogens with one attached hydrogen (secondary N) is 1. The van der Waals surface area contributed by atoms with Crippen LogP contribution in [0, 0.1) is 34.0 Å². The third kappa shape index (κ3) is 3.01. The van der Waals surface area contributed by atoms with Gasteiger partial charge in [0.15, 0.2) is 5.57 Å². The van der Waals surface area contributed by atoms with Crippen LogP contribution in [0.4, 0.5) is 5.69 Å². The van der Waals surface area contributed by atoms with Gasteiger partial charge in [-0.25, -0.2) is 0 Å². The Labute approximate surface area is 113 Å². The molecule has 0 aliphatic rings. The van der Waals surface area contributed by atoms with Gasteiger partial charge in [-0.2, -0.15) is 15.8 Å². The zero-order valence-corrected chi connectivity index (χ0v) is 10.9. The molecule has 6 heteroatoms. The van der Waals surface area contributed by atoms with Crippen LogP contribution in [0.3, 0.4) is 0 Å². The van der Waals surface area contributed by atoms with Crippen LogP contribution in [0.1, 0.15) is 0 Å². The van der Waals surface area contributed by atoms with Crippen molar-refractivity contribution in [2.24, 2.45) is 0 Å². The molecule has 0 heterocycles. The molecule has 0 aliphatic carbocycles. The minimum Gasteiger partial charge on any atom is -0.495 e. The largest absolute Gasteiger partial charge is 0.495 e. The summed E-state index contributed by atoms with van der Waals surface area (Å²) >= 11 is 3.30. The summed E-state index contributed by atoms with van der Waals surface area (Å²) in [6.07, 6.45) is 0. The Hall–Kier alpha value is -2.49. The molecule has 5 nitrogen and oxygen atoms in total. The molecule has 0 spiro atoms. The van der Waals surface area contributed by atoms with Crippen molar-refractivity contribution >= 4 is 21.6 Å². The van der Waals surface area contributed by atoms with Gasteiger partial charge in [-0.1, -0.05) is 0 Å². The average Bonchev–Trinajstić information content (AvgIpc) is 2.40. The SMILES string of the molecule is COc1cc(NC(C#N)=C(C#N)C#N)ccc1Br. The number of anilines is 1. The first-order chi connectivity index (χ1) is 8.65. The quantitative estimate of drug-likeness (QED) is 0.867. The fraction of sp³-hybridized carbons (Fsp3) is 0.0833. The molecule has 1 N–H and O–H groups in total. The molecule has 0 aromatic heterocycles. The fourth-order valence-electron chi connectivity index (χ4n) is 1.17. The van der Waals surface area contributed by atoms with Crippen molar-refractivity contribution in [3.05, 3.63) is 33.9 Å². The second-order valence-electron chi connectivity index (χ2n) is 3.06. The highest BCUT2D eigenvalue weighted by Gasteiger charge is 2.07. The van der Waals surface area contributed by atoms with Crippen molar-refractivity contribution < 1.29 is 4.74 Å². The summed E-state index contributed by atoms with van der Waals surface area (Å²) < 4.78 is 5.86. The Kier molecular flexibility index (Phi) is 4.75. The number of halogens is 1. The van der Waals surface area contributed by atoms with Crippen LogP contribution in [-0.2, 0) is 0 Å². The first-order valence-corrected chi connectivity index (χ1v) is 5.50. The minimum absolute atomic E-state index is 0.0932. The van der Waals surface area contributed by atoms with Gasteiger partial charge >= 0.3 is 0 Å². The van der Waals surface area contributed by atoms with Crippen molar-refractivity contribution in [1.29, 1.82) is 15.8 Å². The summed E-state index contributed by atoms with van der Waals surface area (Å²) in [5.41, 5.74) is 0.193. The van der Waals surface area contributed by atoms with E-state index >= 15 is 0 Å². The van der Waals surface area contributed by atoms with Crippen molar-refractivity contribution in [2.75, 3.05) is 12.4 Å². The van der Waals surface area contributed by atoms with Crippen LogP contribution >= 0.6 is 15.9 Å². The number of hydrogen-bond acceptors (Lipinski definition) is 5. The maximum Gasteiger partial charge on any atom is 0.163 e. The van der Waals surface area contributed by atoms with Gasteiger partial charge in [0, 0.05) is 11.8 Å². The highest BCUT2D eigenvalue weighted by atomic mass is 79.9. The predicted molar refractivity (Wildman–Crippen MR) is 68.2 cm³/mol. The van der Waals surface area contributed by atoms with E-state index in [1.807, 2.05) is 0 Å². The maximum atomic E-state index is 8.89. The molecule has 1 aromatic rings. The van der Waals surface area contributed by atoms with E-state index in [0.29, 0.717) is 11.4 Å². The normalized spacial score (nSPS) is 8.39. The number of hydrogen-bond donors (Lipinski definition) is 1. The number of benzene rings is 1. The van der Waals surface area contributed by atoms with Crippen LogP contribution < -0.4 is 10.1 Å². The Bertz CT molecular complexity index is 600. The van der Waals surface area contributed by atoms with Crippen LogP contribution in [0.15, 0.2) is 33.9 Å². The van der Waals surface area contributed by atoms with Crippen LogP contribution in [-0.4, -0.2) is 7.11 Å². The van der Waals surface area contributed by atoms with E-state index < -0.39 is 0 Å². The smallest absolute Gasteiger partial charge is 0.163 e. The molecular formula is C12H7BrN4O. The summed E-state index contributed by atoms with van der Waals surface area (Å²) in [5.74, 6) is 0.577. The minimum atomic E-state index is -0.264. The zero-order valence-electron chi connectivity index (χ0n) is 9.36. The van der Waals surface area contributed by atoms with E-state index in [2.05, 4.69) is 21.2 Å². The van der Waals surface area contributed by atoms with Gasteiger partial charge in [0.2, 0.25) is 0 Å².